The first-order valence-electron chi connectivity index (χ1n) is 8.15. The summed E-state index contributed by atoms with van der Waals surface area (Å²) in [5, 5.41) is 4.48. The van der Waals surface area contributed by atoms with Gasteiger partial charge in [0.05, 0.1) is 5.69 Å². The van der Waals surface area contributed by atoms with Gasteiger partial charge in [-0.25, -0.2) is 19.5 Å². The van der Waals surface area contributed by atoms with Gasteiger partial charge in [-0.2, -0.15) is 0 Å². The molecule has 1 aliphatic rings. The first-order valence-corrected chi connectivity index (χ1v) is 8.15. The molecule has 0 saturated heterocycles. The average molecular weight is 319 g/mol. The second kappa shape index (κ2) is 4.77. The smallest absolute Gasteiger partial charge is 0.196 e. The van der Waals surface area contributed by atoms with Crippen LogP contribution in [0.1, 0.15) is 31.4 Å². The van der Waals surface area contributed by atoms with E-state index in [0.29, 0.717) is 23.2 Å². The molecular weight excluding hydrogens is 302 g/mol. The molecule has 2 N–H and O–H groups in total. The van der Waals surface area contributed by atoms with Crippen LogP contribution in [0.2, 0.25) is 0 Å². The van der Waals surface area contributed by atoms with E-state index in [1.54, 1.807) is 16.9 Å². The van der Waals surface area contributed by atoms with E-state index >= 15 is 0 Å². The summed E-state index contributed by atoms with van der Waals surface area (Å²) in [6.45, 7) is 2.26. The SMILES string of the molecule is CC(c1cn2cc(-c3nc(N)c4nccn4n3)ccc2n1)C1CC1. The molecule has 1 atom stereocenters. The normalized spacial score (nSPS) is 16.0. The number of nitrogens with zero attached hydrogens (tertiary/aromatic N) is 6. The summed E-state index contributed by atoms with van der Waals surface area (Å²) < 4.78 is 3.69. The van der Waals surface area contributed by atoms with Crippen LogP contribution < -0.4 is 5.73 Å². The van der Waals surface area contributed by atoms with Crippen LogP contribution >= 0.6 is 0 Å². The number of anilines is 1. The molecule has 1 unspecified atom stereocenters. The van der Waals surface area contributed by atoms with Gasteiger partial charge >= 0.3 is 0 Å². The maximum Gasteiger partial charge on any atom is 0.196 e. The fraction of sp³-hybridized carbons (Fsp3) is 0.294. The predicted octanol–water partition coefficient (Wildman–Crippen LogP) is 2.53. The Hall–Kier alpha value is -2.96. The van der Waals surface area contributed by atoms with Crippen molar-refractivity contribution in [3.63, 3.8) is 0 Å². The van der Waals surface area contributed by atoms with E-state index in [1.807, 2.05) is 22.7 Å². The number of hydrogen-bond acceptors (Lipinski definition) is 5. The minimum absolute atomic E-state index is 0.374. The fourth-order valence-corrected chi connectivity index (χ4v) is 3.17. The van der Waals surface area contributed by atoms with E-state index in [4.69, 9.17) is 10.7 Å². The van der Waals surface area contributed by atoms with Crippen molar-refractivity contribution in [2.24, 2.45) is 5.92 Å². The third kappa shape index (κ3) is 2.05. The van der Waals surface area contributed by atoms with Gasteiger partial charge in [0.15, 0.2) is 17.3 Å². The van der Waals surface area contributed by atoms with Crippen LogP contribution in [0.25, 0.3) is 22.7 Å². The van der Waals surface area contributed by atoms with Gasteiger partial charge in [0, 0.05) is 36.3 Å². The molecule has 1 fully saturated rings. The Bertz CT molecular complexity index is 1060. The quantitative estimate of drug-likeness (QED) is 0.627. The molecule has 0 spiro atoms. The maximum absolute atomic E-state index is 5.98. The minimum Gasteiger partial charge on any atom is -0.380 e. The lowest BCUT2D eigenvalue weighted by Gasteiger charge is -2.04. The summed E-state index contributed by atoms with van der Waals surface area (Å²) in [6.07, 6.45) is 10.2. The summed E-state index contributed by atoms with van der Waals surface area (Å²) in [7, 11) is 0. The largest absolute Gasteiger partial charge is 0.380 e. The Labute approximate surface area is 138 Å². The van der Waals surface area contributed by atoms with Gasteiger partial charge in [0.2, 0.25) is 0 Å². The molecule has 0 radical (unpaired) electrons. The highest BCUT2D eigenvalue weighted by Gasteiger charge is 2.30. The molecule has 0 bridgehead atoms. The Kier molecular flexibility index (Phi) is 2.68. The van der Waals surface area contributed by atoms with Crippen LogP contribution in [0.3, 0.4) is 0 Å². The molecule has 0 aliphatic heterocycles. The van der Waals surface area contributed by atoms with E-state index in [-0.39, 0.29) is 0 Å². The van der Waals surface area contributed by atoms with E-state index < -0.39 is 0 Å². The summed E-state index contributed by atoms with van der Waals surface area (Å²) >= 11 is 0. The molecule has 7 nitrogen and oxygen atoms in total. The van der Waals surface area contributed by atoms with E-state index in [1.165, 1.54) is 12.8 Å². The van der Waals surface area contributed by atoms with Crippen LogP contribution in [0.4, 0.5) is 5.82 Å². The van der Waals surface area contributed by atoms with Crippen LogP contribution in [0.15, 0.2) is 36.9 Å². The van der Waals surface area contributed by atoms with Crippen LogP contribution in [0.5, 0.6) is 0 Å². The summed E-state index contributed by atoms with van der Waals surface area (Å²) in [5.41, 5.74) is 9.55. The van der Waals surface area contributed by atoms with Crippen molar-refractivity contribution >= 4 is 17.1 Å². The molecule has 1 saturated carbocycles. The number of aromatic nitrogens is 6. The van der Waals surface area contributed by atoms with Gasteiger partial charge in [-0.1, -0.05) is 6.92 Å². The molecule has 4 aromatic heterocycles. The Balaban J connectivity index is 1.60. The average Bonchev–Trinajstić information content (AvgIpc) is 3.16. The van der Waals surface area contributed by atoms with Gasteiger partial charge in [-0.3, -0.25) is 0 Å². The van der Waals surface area contributed by atoms with Crippen LogP contribution in [-0.2, 0) is 0 Å². The number of rotatable bonds is 3. The molecule has 4 aromatic rings. The summed E-state index contributed by atoms with van der Waals surface area (Å²) in [4.78, 5) is 13.3. The van der Waals surface area contributed by atoms with Gasteiger partial charge in [0.25, 0.3) is 0 Å². The number of nitrogens with two attached hydrogens (primary N) is 1. The molecule has 120 valence electrons. The van der Waals surface area contributed by atoms with Crippen molar-refractivity contribution in [1.29, 1.82) is 0 Å². The van der Waals surface area contributed by atoms with Gasteiger partial charge in [-0.15, -0.1) is 5.10 Å². The van der Waals surface area contributed by atoms with Crippen molar-refractivity contribution in [3.8, 4) is 11.4 Å². The third-order valence-corrected chi connectivity index (χ3v) is 4.80. The highest BCUT2D eigenvalue weighted by atomic mass is 15.3. The topological polar surface area (TPSA) is 86.4 Å². The zero-order chi connectivity index (χ0) is 16.3. The number of pyridine rings is 1. The highest BCUT2D eigenvalue weighted by molar-refractivity contribution is 5.64. The Morgan fingerprint density at radius 1 is 1.21 bits per heavy atom. The number of imidazole rings is 2. The molecule has 4 heterocycles. The Morgan fingerprint density at radius 3 is 2.92 bits per heavy atom. The lowest BCUT2D eigenvalue weighted by molar-refractivity contribution is 0.648. The van der Waals surface area contributed by atoms with E-state index in [0.717, 1.165) is 22.8 Å². The minimum atomic E-state index is 0.374. The standard InChI is InChI=1S/C17H17N7/c1-10(11-2-3-11)13-9-23-8-12(4-5-14(23)20-13)16-21-15(18)17-19-6-7-24(17)22-16/h4-11H,2-3H2,1H3,(H2,18,21,22). The van der Waals surface area contributed by atoms with Crippen LogP contribution in [0, 0.1) is 5.92 Å². The molecular formula is C17H17N7. The summed E-state index contributed by atoms with van der Waals surface area (Å²) in [5.74, 6) is 2.26. The number of hydrogen-bond donors (Lipinski definition) is 1. The fourth-order valence-electron chi connectivity index (χ4n) is 3.17. The van der Waals surface area contributed by atoms with Gasteiger partial charge in [-0.05, 0) is 30.9 Å². The maximum atomic E-state index is 5.98. The lowest BCUT2D eigenvalue weighted by Crippen LogP contribution is -2.03. The second-order valence-corrected chi connectivity index (χ2v) is 6.49. The molecule has 5 rings (SSSR count). The van der Waals surface area contributed by atoms with Crippen molar-refractivity contribution < 1.29 is 0 Å². The zero-order valence-corrected chi connectivity index (χ0v) is 13.3. The first kappa shape index (κ1) is 13.5. The monoisotopic (exact) mass is 319 g/mol. The highest BCUT2D eigenvalue weighted by Crippen LogP contribution is 2.41. The molecule has 24 heavy (non-hydrogen) atoms. The molecule has 0 amide bonds. The number of nitrogen functional groups attached to an aromatic ring is 1. The number of fused-ring (bicyclic) bond motifs is 2. The third-order valence-electron chi connectivity index (χ3n) is 4.80. The van der Waals surface area contributed by atoms with Crippen molar-refractivity contribution in [3.05, 3.63) is 42.6 Å². The van der Waals surface area contributed by atoms with Crippen molar-refractivity contribution in [2.75, 3.05) is 5.73 Å². The van der Waals surface area contributed by atoms with Gasteiger partial charge < -0.3 is 10.1 Å². The zero-order valence-electron chi connectivity index (χ0n) is 13.3. The van der Waals surface area contributed by atoms with E-state index in [2.05, 4.69) is 28.2 Å². The second-order valence-electron chi connectivity index (χ2n) is 6.49. The van der Waals surface area contributed by atoms with Gasteiger partial charge in [0.1, 0.15) is 5.65 Å². The molecule has 1 aliphatic carbocycles. The predicted molar refractivity (Wildman–Crippen MR) is 90.5 cm³/mol. The lowest BCUT2D eigenvalue weighted by atomic mass is 10.0. The van der Waals surface area contributed by atoms with Crippen molar-refractivity contribution in [1.82, 2.24) is 29.0 Å². The van der Waals surface area contributed by atoms with Crippen molar-refractivity contribution in [2.45, 2.75) is 25.7 Å². The van der Waals surface area contributed by atoms with E-state index in [9.17, 15) is 0 Å². The Morgan fingerprint density at radius 2 is 2.08 bits per heavy atom. The summed E-state index contributed by atoms with van der Waals surface area (Å²) in [6, 6.07) is 3.97. The first-order chi connectivity index (χ1) is 11.7. The van der Waals surface area contributed by atoms with Crippen LogP contribution in [-0.4, -0.2) is 29.0 Å². The molecule has 0 aromatic carbocycles. The molecule has 7 heteroatoms.